The van der Waals surface area contributed by atoms with Crippen molar-refractivity contribution in [3.05, 3.63) is 30.1 Å². The first-order valence-electron chi connectivity index (χ1n) is 16.2. The Morgan fingerprint density at radius 3 is 2.07 bits per heavy atom. The summed E-state index contributed by atoms with van der Waals surface area (Å²) in [6, 6.07) is 3.39. The Kier molecular flexibility index (Phi) is 21.9. The van der Waals surface area contributed by atoms with E-state index < -0.39 is 24.5 Å². The standard InChI is InChI=1S/C33H58N2O6/c1-5-7-8-9-10-11-12-13-14-15-16-17-18-23-30(6-2)34-33(38)41-32(28(3)39-4)40-26-20-19-24-35-25-21-22-29(27-35)31(36)37/h21-22,25,27-28,30,32H,5-20,23-24,26H2,1-4H3,(H-,34,36,37,38)/p+1. The SMILES string of the molecule is CCCCCCCCCCCCCCCC(CC)NC(=O)OC(OCCCC[n+]1cccc(C(=O)O)c1)C(C)OC. The first-order valence-corrected chi connectivity index (χ1v) is 16.2. The molecule has 0 saturated heterocycles. The first-order chi connectivity index (χ1) is 19.9. The normalized spacial score (nSPS) is 13.5. The van der Waals surface area contributed by atoms with Gasteiger partial charge in [0.2, 0.25) is 6.29 Å². The minimum absolute atomic E-state index is 0.0901. The number of amides is 1. The number of carboxylic acid groups (broad SMARTS) is 1. The average Bonchev–Trinajstić information content (AvgIpc) is 2.97. The Morgan fingerprint density at radius 2 is 1.51 bits per heavy atom. The van der Waals surface area contributed by atoms with E-state index in [0.717, 1.165) is 32.1 Å². The van der Waals surface area contributed by atoms with Crippen molar-refractivity contribution in [3.8, 4) is 0 Å². The van der Waals surface area contributed by atoms with Crippen LogP contribution in [0.25, 0.3) is 0 Å². The number of pyridine rings is 1. The zero-order valence-corrected chi connectivity index (χ0v) is 26.4. The van der Waals surface area contributed by atoms with Gasteiger partial charge in [0.05, 0.1) is 6.61 Å². The molecule has 2 N–H and O–H groups in total. The molecule has 3 atom stereocenters. The number of aromatic carboxylic acids is 1. The summed E-state index contributed by atoms with van der Waals surface area (Å²) in [6.07, 6.45) is 22.4. The van der Waals surface area contributed by atoms with E-state index in [9.17, 15) is 9.59 Å². The van der Waals surface area contributed by atoms with E-state index in [1.54, 1.807) is 25.4 Å². The zero-order chi connectivity index (χ0) is 30.1. The number of ether oxygens (including phenoxy) is 3. The summed E-state index contributed by atoms with van der Waals surface area (Å²) >= 11 is 0. The maximum atomic E-state index is 12.6. The van der Waals surface area contributed by atoms with Gasteiger partial charge in [-0.05, 0) is 32.3 Å². The number of rotatable bonds is 26. The Morgan fingerprint density at radius 1 is 0.902 bits per heavy atom. The highest BCUT2D eigenvalue weighted by Crippen LogP contribution is 2.14. The highest BCUT2D eigenvalue weighted by atomic mass is 16.7. The molecule has 0 saturated carbocycles. The molecule has 0 radical (unpaired) electrons. The number of carbonyl (C=O) groups is 2. The van der Waals surface area contributed by atoms with Crippen molar-refractivity contribution in [2.75, 3.05) is 13.7 Å². The fourth-order valence-corrected chi connectivity index (χ4v) is 4.85. The quantitative estimate of drug-likeness (QED) is 0.0660. The van der Waals surface area contributed by atoms with Crippen LogP contribution in [0, 0.1) is 0 Å². The Bertz CT molecular complexity index is 806. The molecule has 8 heteroatoms. The zero-order valence-electron chi connectivity index (χ0n) is 26.4. The number of nitrogens with zero attached hydrogens (tertiary/aromatic N) is 1. The number of aromatic nitrogens is 1. The number of carbonyl (C=O) groups excluding carboxylic acids is 1. The highest BCUT2D eigenvalue weighted by molar-refractivity contribution is 5.86. The third-order valence-corrected chi connectivity index (χ3v) is 7.65. The fraction of sp³-hybridized carbons (Fsp3) is 0.788. The molecule has 3 unspecified atom stereocenters. The van der Waals surface area contributed by atoms with E-state index in [1.165, 1.54) is 77.0 Å². The van der Waals surface area contributed by atoms with Gasteiger partial charge in [0.1, 0.15) is 18.2 Å². The molecule has 0 aliphatic rings. The number of alkyl carbamates (subject to hydrolysis) is 1. The topological polar surface area (TPSA) is 98.0 Å². The third kappa shape index (κ3) is 18.8. The van der Waals surface area contributed by atoms with E-state index in [1.807, 2.05) is 17.7 Å². The second kappa shape index (κ2) is 24.4. The Balaban J connectivity index is 2.21. The lowest BCUT2D eigenvalue weighted by Gasteiger charge is -2.25. The lowest BCUT2D eigenvalue weighted by molar-refractivity contribution is -0.697. The summed E-state index contributed by atoms with van der Waals surface area (Å²) in [5.74, 6) is -0.941. The van der Waals surface area contributed by atoms with Crippen LogP contribution in [-0.4, -0.2) is 49.3 Å². The minimum atomic E-state index is -0.941. The smallest absolute Gasteiger partial charge is 0.409 e. The van der Waals surface area contributed by atoms with Crippen LogP contribution >= 0.6 is 0 Å². The van der Waals surface area contributed by atoms with E-state index >= 15 is 0 Å². The first kappa shape index (κ1) is 36.8. The number of aryl methyl sites for hydroxylation is 1. The minimum Gasteiger partial charge on any atom is -0.477 e. The van der Waals surface area contributed by atoms with Crippen LogP contribution < -0.4 is 9.88 Å². The number of nitrogens with one attached hydrogen (secondary N) is 1. The van der Waals surface area contributed by atoms with Gasteiger partial charge in [-0.15, -0.1) is 0 Å². The van der Waals surface area contributed by atoms with E-state index in [0.29, 0.717) is 13.2 Å². The van der Waals surface area contributed by atoms with Crippen molar-refractivity contribution < 1.29 is 33.5 Å². The monoisotopic (exact) mass is 579 g/mol. The number of carboxylic acids is 1. The summed E-state index contributed by atoms with van der Waals surface area (Å²) in [7, 11) is 1.57. The predicted octanol–water partition coefficient (Wildman–Crippen LogP) is 7.82. The van der Waals surface area contributed by atoms with Crippen molar-refractivity contribution >= 4 is 12.1 Å². The molecule has 8 nitrogen and oxygen atoms in total. The molecule has 0 bridgehead atoms. The molecule has 0 aromatic carbocycles. The second-order valence-electron chi connectivity index (χ2n) is 11.2. The average molecular weight is 580 g/mol. The predicted molar refractivity (Wildman–Crippen MR) is 163 cm³/mol. The lowest BCUT2D eigenvalue weighted by atomic mass is 10.0. The highest BCUT2D eigenvalue weighted by Gasteiger charge is 2.23. The van der Waals surface area contributed by atoms with Gasteiger partial charge >= 0.3 is 12.1 Å². The molecule has 0 fully saturated rings. The van der Waals surface area contributed by atoms with Crippen molar-refractivity contribution in [2.24, 2.45) is 0 Å². The molecule has 1 aromatic rings. The molecule has 1 rings (SSSR count). The van der Waals surface area contributed by atoms with Crippen LogP contribution in [0.2, 0.25) is 0 Å². The van der Waals surface area contributed by atoms with Crippen LogP contribution in [0.4, 0.5) is 4.79 Å². The molecule has 0 aliphatic heterocycles. The molecule has 0 spiro atoms. The van der Waals surface area contributed by atoms with Crippen LogP contribution in [0.15, 0.2) is 24.5 Å². The van der Waals surface area contributed by atoms with Gasteiger partial charge in [0.15, 0.2) is 12.4 Å². The molecule has 0 aliphatic carbocycles. The number of unbranched alkanes of at least 4 members (excludes halogenated alkanes) is 13. The van der Waals surface area contributed by atoms with Crippen LogP contribution in [0.3, 0.4) is 0 Å². The van der Waals surface area contributed by atoms with Gasteiger partial charge in [-0.1, -0.05) is 97.3 Å². The molecule has 1 amide bonds. The van der Waals surface area contributed by atoms with Gasteiger partial charge in [-0.2, -0.15) is 0 Å². The molecule has 41 heavy (non-hydrogen) atoms. The summed E-state index contributed by atoms with van der Waals surface area (Å²) < 4.78 is 18.7. The third-order valence-electron chi connectivity index (χ3n) is 7.65. The van der Waals surface area contributed by atoms with Crippen molar-refractivity contribution in [2.45, 2.75) is 155 Å². The van der Waals surface area contributed by atoms with Crippen LogP contribution in [-0.2, 0) is 20.8 Å². The van der Waals surface area contributed by atoms with E-state index in [-0.39, 0.29) is 11.6 Å². The molecule has 1 aromatic heterocycles. The molecular formula is C33H59N2O6+. The van der Waals surface area contributed by atoms with E-state index in [2.05, 4.69) is 19.2 Å². The van der Waals surface area contributed by atoms with Gasteiger partial charge in [0.25, 0.3) is 0 Å². The molecule has 236 valence electrons. The summed E-state index contributed by atoms with van der Waals surface area (Å²) in [5.41, 5.74) is 0.261. The molecule has 1 heterocycles. The van der Waals surface area contributed by atoms with Gasteiger partial charge < -0.3 is 24.6 Å². The van der Waals surface area contributed by atoms with Gasteiger partial charge in [-0.25, -0.2) is 14.2 Å². The maximum Gasteiger partial charge on any atom is 0.409 e. The fourth-order valence-electron chi connectivity index (χ4n) is 4.85. The summed E-state index contributed by atoms with van der Waals surface area (Å²) in [6.45, 7) is 7.25. The van der Waals surface area contributed by atoms with Gasteiger partial charge in [0, 0.05) is 25.6 Å². The van der Waals surface area contributed by atoms with Crippen LogP contribution in [0.5, 0.6) is 0 Å². The van der Waals surface area contributed by atoms with E-state index in [4.69, 9.17) is 19.3 Å². The van der Waals surface area contributed by atoms with Crippen molar-refractivity contribution in [3.63, 3.8) is 0 Å². The number of methoxy groups -OCH3 is 1. The Labute approximate surface area is 249 Å². The summed E-state index contributed by atoms with van der Waals surface area (Å²) in [5, 5.41) is 12.1. The van der Waals surface area contributed by atoms with Crippen molar-refractivity contribution in [1.82, 2.24) is 5.32 Å². The van der Waals surface area contributed by atoms with Crippen molar-refractivity contribution in [1.29, 1.82) is 0 Å². The van der Waals surface area contributed by atoms with Crippen LogP contribution in [0.1, 0.15) is 140 Å². The largest absolute Gasteiger partial charge is 0.477 e. The Hall–Kier alpha value is -2.19. The second-order valence-corrected chi connectivity index (χ2v) is 11.2. The lowest BCUT2D eigenvalue weighted by Crippen LogP contribution is -2.41. The van der Waals surface area contributed by atoms with Gasteiger partial charge in [-0.3, -0.25) is 0 Å². The molecular weight excluding hydrogens is 520 g/mol. The summed E-state index contributed by atoms with van der Waals surface area (Å²) in [4.78, 5) is 23.8. The maximum absolute atomic E-state index is 12.6. The number of hydrogen-bond acceptors (Lipinski definition) is 5. The number of hydrogen-bond donors (Lipinski definition) is 2.